The molecule has 0 atom stereocenters. The average molecular weight is 221 g/mol. The quantitative estimate of drug-likeness (QED) is 0.772. The molecule has 2 aromatic rings. The molecule has 0 aliphatic heterocycles. The van der Waals surface area contributed by atoms with Crippen molar-refractivity contribution >= 4 is 17.2 Å². The van der Waals surface area contributed by atoms with Crippen molar-refractivity contribution in [2.75, 3.05) is 5.73 Å². The Kier molecular flexibility index (Phi) is 2.64. The minimum absolute atomic E-state index is 0.570. The zero-order chi connectivity index (χ0) is 10.8. The Morgan fingerprint density at radius 3 is 2.87 bits per heavy atom. The second kappa shape index (κ2) is 3.94. The van der Waals surface area contributed by atoms with Crippen LogP contribution in [-0.4, -0.2) is 9.97 Å². The molecule has 0 fully saturated rings. The maximum Gasteiger partial charge on any atom is 0.225 e. The van der Waals surface area contributed by atoms with Gasteiger partial charge in [0.15, 0.2) is 12.2 Å². The van der Waals surface area contributed by atoms with E-state index in [2.05, 4.69) is 32.3 Å². The second-order valence-electron chi connectivity index (χ2n) is 3.46. The predicted molar refractivity (Wildman–Crippen MR) is 59.5 cm³/mol. The molecule has 4 nitrogen and oxygen atoms in total. The van der Waals surface area contributed by atoms with E-state index in [9.17, 15) is 0 Å². The Bertz CT molecular complexity index is 478. The number of nitrogen functional groups attached to an aromatic ring is 1. The molecule has 0 aliphatic carbocycles. The third kappa shape index (κ3) is 2.12. The van der Waals surface area contributed by atoms with E-state index >= 15 is 0 Å². The summed E-state index contributed by atoms with van der Waals surface area (Å²) in [5, 5.41) is 2.10. The number of nitrogens with two attached hydrogens (primary N) is 1. The molecule has 15 heavy (non-hydrogen) atoms. The molecule has 0 unspecified atom stereocenters. The van der Waals surface area contributed by atoms with E-state index in [1.807, 2.05) is 6.92 Å². The fourth-order valence-electron chi connectivity index (χ4n) is 1.33. The van der Waals surface area contributed by atoms with Crippen molar-refractivity contribution in [1.82, 2.24) is 9.97 Å². The van der Waals surface area contributed by atoms with Crippen molar-refractivity contribution in [2.45, 2.75) is 20.4 Å². The molecule has 0 saturated heterocycles. The normalized spacial score (nSPS) is 10.5. The summed E-state index contributed by atoms with van der Waals surface area (Å²) in [5.74, 6) is 1.28. The first-order valence-electron chi connectivity index (χ1n) is 4.67. The first-order chi connectivity index (χ1) is 7.16. The second-order valence-corrected chi connectivity index (χ2v) is 4.18. The van der Waals surface area contributed by atoms with Crippen LogP contribution in [0, 0.1) is 13.8 Å². The van der Waals surface area contributed by atoms with Gasteiger partial charge in [-0.1, -0.05) is 11.3 Å². The summed E-state index contributed by atoms with van der Waals surface area (Å²) in [6.45, 7) is 4.65. The van der Waals surface area contributed by atoms with Gasteiger partial charge in [-0.15, -0.1) is 0 Å². The molecule has 0 saturated carbocycles. The monoisotopic (exact) mass is 221 g/mol. The number of hydrogen-bond donors (Lipinski definition) is 1. The van der Waals surface area contributed by atoms with Gasteiger partial charge in [-0.2, -0.15) is 4.57 Å². The highest BCUT2D eigenvalue weighted by Gasteiger charge is 2.11. The van der Waals surface area contributed by atoms with Crippen molar-refractivity contribution in [2.24, 2.45) is 0 Å². The van der Waals surface area contributed by atoms with Crippen LogP contribution in [0.2, 0.25) is 0 Å². The van der Waals surface area contributed by atoms with E-state index in [0.717, 1.165) is 12.1 Å². The molecule has 2 N–H and O–H groups in total. The van der Waals surface area contributed by atoms with Gasteiger partial charge < -0.3 is 5.73 Å². The minimum atomic E-state index is 0.570. The molecule has 0 radical (unpaired) electrons. The lowest BCUT2D eigenvalue weighted by Crippen LogP contribution is -2.35. The van der Waals surface area contributed by atoms with Gasteiger partial charge in [-0.3, -0.25) is 0 Å². The van der Waals surface area contributed by atoms with E-state index in [0.29, 0.717) is 11.6 Å². The Labute approximate surface area is 92.4 Å². The van der Waals surface area contributed by atoms with Crippen molar-refractivity contribution in [1.29, 1.82) is 0 Å². The molecular formula is C10H13N4S+. The van der Waals surface area contributed by atoms with E-state index in [4.69, 9.17) is 5.73 Å². The summed E-state index contributed by atoms with van der Waals surface area (Å²) in [7, 11) is 0. The van der Waals surface area contributed by atoms with Crippen molar-refractivity contribution < 1.29 is 4.57 Å². The van der Waals surface area contributed by atoms with Gasteiger partial charge in [0.1, 0.15) is 11.6 Å². The van der Waals surface area contributed by atoms with Crippen LogP contribution in [0.1, 0.15) is 17.1 Å². The molecule has 0 aliphatic rings. The third-order valence-electron chi connectivity index (χ3n) is 2.24. The summed E-state index contributed by atoms with van der Waals surface area (Å²) in [5.41, 5.74) is 10.1. The Hall–Kier alpha value is -1.49. The number of aryl methyl sites for hydroxylation is 2. The van der Waals surface area contributed by atoms with Gasteiger partial charge in [0.2, 0.25) is 5.51 Å². The summed E-state index contributed by atoms with van der Waals surface area (Å²) in [6.07, 6.45) is 1.79. The van der Waals surface area contributed by atoms with Gasteiger partial charge in [0.05, 0.1) is 10.9 Å². The molecule has 0 bridgehead atoms. The topological polar surface area (TPSA) is 55.7 Å². The highest BCUT2D eigenvalue weighted by Crippen LogP contribution is 2.07. The van der Waals surface area contributed by atoms with Crippen LogP contribution in [0.25, 0.3) is 0 Å². The molecule has 2 rings (SSSR count). The summed E-state index contributed by atoms with van der Waals surface area (Å²) >= 11 is 1.68. The van der Waals surface area contributed by atoms with Crippen LogP contribution >= 0.6 is 11.3 Å². The number of rotatable bonds is 2. The highest BCUT2D eigenvalue weighted by atomic mass is 32.1. The summed E-state index contributed by atoms with van der Waals surface area (Å²) < 4.78 is 2.13. The number of hydrogen-bond acceptors (Lipinski definition) is 4. The Balaban J connectivity index is 2.29. The van der Waals surface area contributed by atoms with E-state index in [1.165, 1.54) is 5.69 Å². The standard InChI is InChI=1S/C10H13N4S/c1-7-5-15-6-14(7)4-9-3-12-8(2)13-10(9)11/h3,5-6H,4H2,1-2H3,(H2,11,12,13)/q+1. The predicted octanol–water partition coefficient (Wildman–Crippen LogP) is 1.07. The smallest absolute Gasteiger partial charge is 0.225 e. The van der Waals surface area contributed by atoms with Crippen molar-refractivity contribution in [3.63, 3.8) is 0 Å². The molecule has 78 valence electrons. The van der Waals surface area contributed by atoms with Crippen LogP contribution in [0.5, 0.6) is 0 Å². The van der Waals surface area contributed by atoms with Gasteiger partial charge in [-0.25, -0.2) is 9.97 Å². The fourth-order valence-corrected chi connectivity index (χ4v) is 2.11. The zero-order valence-electron chi connectivity index (χ0n) is 8.77. The molecule has 0 amide bonds. The minimum Gasteiger partial charge on any atom is -0.383 e. The van der Waals surface area contributed by atoms with Crippen molar-refractivity contribution in [3.8, 4) is 0 Å². The fraction of sp³-hybridized carbons (Fsp3) is 0.300. The molecule has 5 heteroatoms. The molecule has 0 spiro atoms. The van der Waals surface area contributed by atoms with Gasteiger partial charge in [0, 0.05) is 13.1 Å². The maximum atomic E-state index is 5.83. The SMILES string of the molecule is Cc1ncc(C[n+]2cscc2C)c(N)n1. The zero-order valence-corrected chi connectivity index (χ0v) is 9.58. The van der Waals surface area contributed by atoms with Crippen LogP contribution in [0.15, 0.2) is 17.1 Å². The van der Waals surface area contributed by atoms with E-state index in [-0.39, 0.29) is 0 Å². The number of thiazole rings is 1. The average Bonchev–Trinajstić information content (AvgIpc) is 2.57. The maximum absolute atomic E-state index is 5.83. The van der Waals surface area contributed by atoms with E-state index in [1.54, 1.807) is 17.5 Å². The lowest BCUT2D eigenvalue weighted by atomic mass is 10.3. The van der Waals surface area contributed by atoms with Crippen LogP contribution in [0.4, 0.5) is 5.82 Å². The van der Waals surface area contributed by atoms with E-state index < -0.39 is 0 Å². The molecule has 2 aromatic heterocycles. The molecular weight excluding hydrogens is 208 g/mol. The summed E-state index contributed by atoms with van der Waals surface area (Å²) in [6, 6.07) is 0. The highest BCUT2D eigenvalue weighted by molar-refractivity contribution is 7.07. The Morgan fingerprint density at radius 1 is 1.47 bits per heavy atom. The lowest BCUT2D eigenvalue weighted by Gasteiger charge is -2.01. The molecule has 0 aromatic carbocycles. The lowest BCUT2D eigenvalue weighted by molar-refractivity contribution is -0.689. The van der Waals surface area contributed by atoms with Gasteiger partial charge in [-0.05, 0) is 6.92 Å². The third-order valence-corrected chi connectivity index (χ3v) is 3.09. The largest absolute Gasteiger partial charge is 0.383 e. The van der Waals surface area contributed by atoms with Crippen LogP contribution < -0.4 is 10.3 Å². The van der Waals surface area contributed by atoms with Crippen molar-refractivity contribution in [3.05, 3.63) is 34.2 Å². The number of nitrogens with zero attached hydrogens (tertiary/aromatic N) is 3. The first-order valence-corrected chi connectivity index (χ1v) is 5.61. The Morgan fingerprint density at radius 2 is 2.27 bits per heavy atom. The number of anilines is 1. The van der Waals surface area contributed by atoms with Crippen LogP contribution in [0.3, 0.4) is 0 Å². The first kappa shape index (κ1) is 10.0. The molecule has 2 heterocycles. The van der Waals surface area contributed by atoms with Crippen LogP contribution in [-0.2, 0) is 6.54 Å². The summed E-state index contributed by atoms with van der Waals surface area (Å²) in [4.78, 5) is 8.29. The van der Waals surface area contributed by atoms with Gasteiger partial charge in [0.25, 0.3) is 0 Å². The number of aromatic nitrogens is 3. The van der Waals surface area contributed by atoms with Gasteiger partial charge >= 0.3 is 0 Å².